The third kappa shape index (κ3) is 2.70. The lowest BCUT2D eigenvalue weighted by atomic mass is 10.1. The van der Waals surface area contributed by atoms with E-state index in [0.29, 0.717) is 12.1 Å². The van der Waals surface area contributed by atoms with Gasteiger partial charge < -0.3 is 19.7 Å². The lowest BCUT2D eigenvalue weighted by molar-refractivity contribution is 0.297. The van der Waals surface area contributed by atoms with Gasteiger partial charge >= 0.3 is 0 Å². The lowest BCUT2D eigenvalue weighted by Gasteiger charge is -2.40. The maximum absolute atomic E-state index is 5.80. The zero-order valence-electron chi connectivity index (χ0n) is 12.4. The summed E-state index contributed by atoms with van der Waals surface area (Å²) >= 11 is 0. The Morgan fingerprint density at radius 1 is 1.25 bits per heavy atom. The van der Waals surface area contributed by atoms with Crippen molar-refractivity contribution in [1.29, 1.82) is 0 Å². The van der Waals surface area contributed by atoms with Crippen LogP contribution in [0, 0.1) is 0 Å². The molecule has 20 heavy (non-hydrogen) atoms. The topological polar surface area (TPSA) is 33.7 Å². The number of fused-ring (bicyclic) bond motifs is 1. The Hall–Kier alpha value is -1.42. The highest BCUT2D eigenvalue weighted by molar-refractivity contribution is 5.57. The van der Waals surface area contributed by atoms with Crippen molar-refractivity contribution in [2.75, 3.05) is 31.2 Å². The van der Waals surface area contributed by atoms with Gasteiger partial charge in [0.15, 0.2) is 11.5 Å². The zero-order chi connectivity index (χ0) is 13.9. The molecule has 1 N–H and O–H groups in total. The first-order valence-electron chi connectivity index (χ1n) is 7.67. The maximum atomic E-state index is 5.80. The third-order valence-corrected chi connectivity index (χ3v) is 4.21. The van der Waals surface area contributed by atoms with Crippen molar-refractivity contribution in [1.82, 2.24) is 5.32 Å². The Labute approximate surface area is 121 Å². The van der Waals surface area contributed by atoms with Crippen LogP contribution in [-0.2, 0) is 0 Å². The summed E-state index contributed by atoms with van der Waals surface area (Å²) in [5.74, 6) is 1.76. The van der Waals surface area contributed by atoms with E-state index in [1.807, 2.05) is 6.07 Å². The van der Waals surface area contributed by atoms with Crippen molar-refractivity contribution in [3.05, 3.63) is 18.2 Å². The predicted molar refractivity (Wildman–Crippen MR) is 80.9 cm³/mol. The van der Waals surface area contributed by atoms with Crippen LogP contribution < -0.4 is 19.7 Å². The van der Waals surface area contributed by atoms with E-state index >= 15 is 0 Å². The molecule has 4 heteroatoms. The number of nitrogens with one attached hydrogen (secondary N) is 1. The van der Waals surface area contributed by atoms with Crippen molar-refractivity contribution in [2.45, 2.75) is 38.8 Å². The van der Waals surface area contributed by atoms with E-state index in [1.165, 1.54) is 5.69 Å². The van der Waals surface area contributed by atoms with Gasteiger partial charge in [-0.3, -0.25) is 0 Å². The number of anilines is 1. The molecule has 2 unspecified atom stereocenters. The van der Waals surface area contributed by atoms with Gasteiger partial charge in [0.05, 0.1) is 13.2 Å². The van der Waals surface area contributed by atoms with Crippen molar-refractivity contribution >= 4 is 5.69 Å². The first kappa shape index (κ1) is 13.6. The molecule has 1 aromatic rings. The molecule has 2 atom stereocenters. The molecule has 2 aliphatic rings. The predicted octanol–water partition coefficient (Wildman–Crippen LogP) is 2.42. The Morgan fingerprint density at radius 3 is 2.85 bits per heavy atom. The van der Waals surface area contributed by atoms with Gasteiger partial charge in [0.2, 0.25) is 0 Å². The maximum Gasteiger partial charge on any atom is 0.163 e. The molecule has 1 fully saturated rings. The normalized spacial score (nSPS) is 26.2. The fourth-order valence-corrected chi connectivity index (χ4v) is 2.89. The number of hydrogen-bond donors (Lipinski definition) is 1. The van der Waals surface area contributed by atoms with E-state index in [4.69, 9.17) is 9.47 Å². The molecule has 0 aliphatic carbocycles. The Bertz CT molecular complexity index is 464. The standard InChI is InChI=1S/C16H24N2O2/c1-3-13-11-18(12(2)10-17-13)14-5-6-15-16(9-14)20-8-4-7-19-15/h5-6,9,12-13,17H,3-4,7-8,10-11H2,1-2H3. The number of nitrogens with zero attached hydrogens (tertiary/aromatic N) is 1. The summed E-state index contributed by atoms with van der Waals surface area (Å²) < 4.78 is 11.5. The highest BCUT2D eigenvalue weighted by Gasteiger charge is 2.25. The summed E-state index contributed by atoms with van der Waals surface area (Å²) in [5.41, 5.74) is 1.24. The second-order valence-electron chi connectivity index (χ2n) is 5.70. The zero-order valence-corrected chi connectivity index (χ0v) is 12.4. The van der Waals surface area contributed by atoms with Gasteiger partial charge in [-0.1, -0.05) is 6.92 Å². The highest BCUT2D eigenvalue weighted by Crippen LogP contribution is 2.34. The van der Waals surface area contributed by atoms with Crippen LogP contribution in [0.1, 0.15) is 26.7 Å². The van der Waals surface area contributed by atoms with Crippen molar-refractivity contribution in [2.24, 2.45) is 0 Å². The molecular formula is C16H24N2O2. The minimum atomic E-state index is 0.502. The van der Waals surface area contributed by atoms with Crippen LogP contribution in [0.4, 0.5) is 5.69 Å². The number of piperazine rings is 1. The van der Waals surface area contributed by atoms with E-state index in [9.17, 15) is 0 Å². The first-order valence-corrected chi connectivity index (χ1v) is 7.67. The number of ether oxygens (including phenoxy) is 2. The number of benzene rings is 1. The Balaban J connectivity index is 1.83. The van der Waals surface area contributed by atoms with Gasteiger partial charge in [-0.2, -0.15) is 0 Å². The number of rotatable bonds is 2. The summed E-state index contributed by atoms with van der Waals surface area (Å²) in [6, 6.07) is 7.41. The monoisotopic (exact) mass is 276 g/mol. The minimum Gasteiger partial charge on any atom is -0.490 e. The van der Waals surface area contributed by atoms with E-state index in [-0.39, 0.29) is 0 Å². The molecule has 0 amide bonds. The summed E-state index contributed by atoms with van der Waals surface area (Å²) in [4.78, 5) is 2.47. The lowest BCUT2D eigenvalue weighted by Crippen LogP contribution is -2.55. The minimum absolute atomic E-state index is 0.502. The Kier molecular flexibility index (Phi) is 4.01. The summed E-state index contributed by atoms with van der Waals surface area (Å²) in [7, 11) is 0. The molecule has 2 heterocycles. The van der Waals surface area contributed by atoms with Crippen LogP contribution in [0.15, 0.2) is 18.2 Å². The summed E-state index contributed by atoms with van der Waals surface area (Å²) in [5, 5.41) is 3.59. The van der Waals surface area contributed by atoms with E-state index < -0.39 is 0 Å². The average molecular weight is 276 g/mol. The van der Waals surface area contributed by atoms with Gasteiger partial charge in [0, 0.05) is 43.3 Å². The second kappa shape index (κ2) is 5.92. The van der Waals surface area contributed by atoms with E-state index in [1.54, 1.807) is 0 Å². The van der Waals surface area contributed by atoms with Gasteiger partial charge in [-0.05, 0) is 25.5 Å². The molecule has 4 nitrogen and oxygen atoms in total. The van der Waals surface area contributed by atoms with Crippen LogP contribution in [0.3, 0.4) is 0 Å². The molecule has 0 aromatic heterocycles. The molecule has 2 aliphatic heterocycles. The average Bonchev–Trinajstić information content (AvgIpc) is 2.72. The van der Waals surface area contributed by atoms with Gasteiger partial charge in [-0.25, -0.2) is 0 Å². The van der Waals surface area contributed by atoms with Gasteiger partial charge in [-0.15, -0.1) is 0 Å². The molecule has 0 saturated carbocycles. The molecular weight excluding hydrogens is 252 g/mol. The van der Waals surface area contributed by atoms with E-state index in [0.717, 1.165) is 50.6 Å². The molecule has 110 valence electrons. The van der Waals surface area contributed by atoms with Crippen molar-refractivity contribution < 1.29 is 9.47 Å². The van der Waals surface area contributed by atoms with Crippen LogP contribution >= 0.6 is 0 Å². The van der Waals surface area contributed by atoms with Crippen LogP contribution in [0.2, 0.25) is 0 Å². The van der Waals surface area contributed by atoms with E-state index in [2.05, 4.69) is 36.2 Å². The quantitative estimate of drug-likeness (QED) is 0.899. The molecule has 3 rings (SSSR count). The molecule has 0 radical (unpaired) electrons. The van der Waals surface area contributed by atoms with Crippen LogP contribution in [-0.4, -0.2) is 38.4 Å². The SMILES string of the molecule is CCC1CN(c2ccc3c(c2)OCCCO3)C(C)CN1. The van der Waals surface area contributed by atoms with Crippen LogP contribution in [0.25, 0.3) is 0 Å². The molecule has 1 aromatic carbocycles. The second-order valence-corrected chi connectivity index (χ2v) is 5.70. The van der Waals surface area contributed by atoms with Crippen molar-refractivity contribution in [3.63, 3.8) is 0 Å². The smallest absolute Gasteiger partial charge is 0.163 e. The third-order valence-electron chi connectivity index (χ3n) is 4.21. The summed E-state index contributed by atoms with van der Waals surface area (Å²) in [6.45, 7) is 8.07. The Morgan fingerprint density at radius 2 is 2.05 bits per heavy atom. The van der Waals surface area contributed by atoms with Crippen molar-refractivity contribution in [3.8, 4) is 11.5 Å². The largest absolute Gasteiger partial charge is 0.490 e. The number of hydrogen-bond acceptors (Lipinski definition) is 4. The fraction of sp³-hybridized carbons (Fsp3) is 0.625. The van der Waals surface area contributed by atoms with Gasteiger partial charge in [0.1, 0.15) is 0 Å². The van der Waals surface area contributed by atoms with Crippen LogP contribution in [0.5, 0.6) is 11.5 Å². The fourth-order valence-electron chi connectivity index (χ4n) is 2.89. The van der Waals surface area contributed by atoms with Gasteiger partial charge in [0.25, 0.3) is 0 Å². The summed E-state index contributed by atoms with van der Waals surface area (Å²) in [6.07, 6.45) is 2.11. The first-order chi connectivity index (χ1) is 9.78. The molecule has 0 spiro atoms. The molecule has 1 saturated heterocycles. The molecule has 0 bridgehead atoms. The highest BCUT2D eigenvalue weighted by atomic mass is 16.5.